The van der Waals surface area contributed by atoms with Crippen LogP contribution in [0.15, 0.2) is 42.5 Å². The first-order valence-electron chi connectivity index (χ1n) is 11.7. The number of piperazine rings is 1. The van der Waals surface area contributed by atoms with Crippen LogP contribution in [0.4, 0.5) is 13.2 Å². The summed E-state index contributed by atoms with van der Waals surface area (Å²) < 4.78 is 56.3. The van der Waals surface area contributed by atoms with E-state index >= 15 is 0 Å². The Morgan fingerprint density at radius 3 is 2.29 bits per heavy atom. The van der Waals surface area contributed by atoms with Crippen LogP contribution in [-0.4, -0.2) is 69.3 Å². The Morgan fingerprint density at radius 2 is 1.66 bits per heavy atom. The minimum absolute atomic E-state index is 0.106. The molecule has 2 aromatic carbocycles. The molecule has 2 aliphatic rings. The van der Waals surface area contributed by atoms with E-state index in [1.54, 1.807) is 25.2 Å². The van der Waals surface area contributed by atoms with Gasteiger partial charge in [-0.05, 0) is 42.2 Å². The van der Waals surface area contributed by atoms with E-state index in [1.165, 1.54) is 6.07 Å². The summed E-state index contributed by atoms with van der Waals surface area (Å²) in [6.07, 6.45) is -3.71. The third-order valence-electron chi connectivity index (χ3n) is 7.01. The largest absolute Gasteiger partial charge is 0.493 e. The molecule has 0 atom stereocenters. The molecule has 190 valence electrons. The first-order chi connectivity index (χ1) is 16.8. The smallest absolute Gasteiger partial charge is 0.416 e. The number of nitrogens with zero attached hydrogens (tertiary/aromatic N) is 2. The summed E-state index contributed by atoms with van der Waals surface area (Å²) in [4.78, 5) is 17.9. The van der Waals surface area contributed by atoms with Gasteiger partial charge in [-0.25, -0.2) is 0 Å². The molecule has 6 nitrogen and oxygen atoms in total. The van der Waals surface area contributed by atoms with Crippen LogP contribution in [0.25, 0.3) is 0 Å². The van der Waals surface area contributed by atoms with Crippen LogP contribution in [0.1, 0.15) is 29.5 Å². The molecule has 0 radical (unpaired) electrons. The molecule has 2 aliphatic heterocycles. The average Bonchev–Trinajstić information content (AvgIpc) is 2.88. The van der Waals surface area contributed by atoms with E-state index in [2.05, 4.69) is 4.90 Å². The van der Waals surface area contributed by atoms with E-state index in [-0.39, 0.29) is 5.91 Å². The predicted octanol–water partition coefficient (Wildman–Crippen LogP) is 4.12. The molecule has 0 aromatic heterocycles. The van der Waals surface area contributed by atoms with Crippen LogP contribution in [0, 0.1) is 0 Å². The molecular formula is C26H31F3N2O4. The minimum Gasteiger partial charge on any atom is -0.493 e. The van der Waals surface area contributed by atoms with Crippen LogP contribution in [0.3, 0.4) is 0 Å². The molecule has 0 unspecified atom stereocenters. The first kappa shape index (κ1) is 25.3. The number of amides is 1. The zero-order valence-corrected chi connectivity index (χ0v) is 20.1. The topological polar surface area (TPSA) is 51.2 Å². The summed E-state index contributed by atoms with van der Waals surface area (Å²) in [5.41, 5.74) is -0.223. The lowest BCUT2D eigenvalue weighted by atomic mass is 9.72. The standard InChI is InChI=1S/C26H31F3N2O4/c1-33-22-7-6-19(16-23(22)34-2)18-30-10-12-31(13-11-30)24(32)25(8-14-35-15-9-25)20-4-3-5-21(17-20)26(27,28)29/h3-7,16-17H,8-15,18H2,1-2H3. The van der Waals surface area contributed by atoms with Gasteiger partial charge in [-0.15, -0.1) is 0 Å². The lowest BCUT2D eigenvalue weighted by Gasteiger charge is -2.43. The molecule has 2 heterocycles. The molecule has 2 fully saturated rings. The summed E-state index contributed by atoms with van der Waals surface area (Å²) >= 11 is 0. The van der Waals surface area contributed by atoms with Gasteiger partial charge in [0.05, 0.1) is 25.2 Å². The molecule has 9 heteroatoms. The monoisotopic (exact) mass is 492 g/mol. The van der Waals surface area contributed by atoms with Gasteiger partial charge >= 0.3 is 6.18 Å². The van der Waals surface area contributed by atoms with Crippen LogP contribution in [0.2, 0.25) is 0 Å². The summed E-state index contributed by atoms with van der Waals surface area (Å²) in [6, 6.07) is 11.0. The van der Waals surface area contributed by atoms with E-state index < -0.39 is 17.2 Å². The fraction of sp³-hybridized carbons (Fsp3) is 0.500. The van der Waals surface area contributed by atoms with Crippen molar-refractivity contribution in [2.45, 2.75) is 31.0 Å². The van der Waals surface area contributed by atoms with Crippen molar-refractivity contribution in [1.29, 1.82) is 0 Å². The van der Waals surface area contributed by atoms with Gasteiger partial charge in [0.15, 0.2) is 11.5 Å². The van der Waals surface area contributed by atoms with E-state index in [9.17, 15) is 18.0 Å². The molecule has 0 aliphatic carbocycles. The Morgan fingerprint density at radius 1 is 0.971 bits per heavy atom. The Kier molecular flexibility index (Phi) is 7.56. The van der Waals surface area contributed by atoms with Crippen LogP contribution in [-0.2, 0) is 27.7 Å². The average molecular weight is 493 g/mol. The molecule has 2 aromatic rings. The van der Waals surface area contributed by atoms with Crippen molar-refractivity contribution in [3.63, 3.8) is 0 Å². The third-order valence-corrected chi connectivity index (χ3v) is 7.01. The Bertz CT molecular complexity index is 1030. The zero-order valence-electron chi connectivity index (χ0n) is 20.1. The Balaban J connectivity index is 1.47. The number of carbonyl (C=O) groups is 1. The van der Waals surface area contributed by atoms with Gasteiger partial charge < -0.3 is 19.1 Å². The van der Waals surface area contributed by atoms with Gasteiger partial charge in [-0.3, -0.25) is 9.69 Å². The highest BCUT2D eigenvalue weighted by Crippen LogP contribution is 2.40. The molecular weight excluding hydrogens is 461 g/mol. The third kappa shape index (κ3) is 5.41. The highest BCUT2D eigenvalue weighted by molar-refractivity contribution is 5.88. The fourth-order valence-corrected chi connectivity index (χ4v) is 4.99. The van der Waals surface area contributed by atoms with Gasteiger partial charge in [0, 0.05) is 45.9 Å². The number of hydrogen-bond acceptors (Lipinski definition) is 5. The normalized spacial score (nSPS) is 18.8. The molecule has 2 saturated heterocycles. The van der Waals surface area contributed by atoms with E-state index in [0.29, 0.717) is 75.8 Å². The second-order valence-corrected chi connectivity index (χ2v) is 9.03. The Labute approximate surface area is 203 Å². The summed E-state index contributed by atoms with van der Waals surface area (Å²) in [7, 11) is 3.20. The molecule has 0 spiro atoms. The number of hydrogen-bond donors (Lipinski definition) is 0. The quantitative estimate of drug-likeness (QED) is 0.608. The van der Waals surface area contributed by atoms with Crippen molar-refractivity contribution >= 4 is 5.91 Å². The second-order valence-electron chi connectivity index (χ2n) is 9.03. The number of alkyl halides is 3. The molecule has 4 rings (SSSR count). The van der Waals surface area contributed by atoms with Crippen LogP contribution >= 0.6 is 0 Å². The first-order valence-corrected chi connectivity index (χ1v) is 11.7. The van der Waals surface area contributed by atoms with Gasteiger partial charge in [0.1, 0.15) is 0 Å². The second kappa shape index (κ2) is 10.5. The lowest BCUT2D eigenvalue weighted by Crippen LogP contribution is -2.55. The van der Waals surface area contributed by atoms with Crippen LogP contribution in [0.5, 0.6) is 11.5 Å². The maximum absolute atomic E-state index is 13.8. The highest BCUT2D eigenvalue weighted by Gasteiger charge is 2.45. The van der Waals surface area contributed by atoms with Crippen molar-refractivity contribution in [3.05, 3.63) is 59.2 Å². The summed E-state index contributed by atoms with van der Waals surface area (Å²) in [5.74, 6) is 1.23. The lowest BCUT2D eigenvalue weighted by molar-refractivity contribution is -0.144. The number of methoxy groups -OCH3 is 2. The molecule has 0 saturated carbocycles. The van der Waals surface area contributed by atoms with Gasteiger partial charge in [-0.2, -0.15) is 13.2 Å². The highest BCUT2D eigenvalue weighted by atomic mass is 19.4. The van der Waals surface area contributed by atoms with E-state index in [4.69, 9.17) is 14.2 Å². The molecule has 0 N–H and O–H groups in total. The summed E-state index contributed by atoms with van der Waals surface area (Å²) in [6.45, 7) is 3.80. The minimum atomic E-state index is -4.46. The SMILES string of the molecule is COc1ccc(CN2CCN(C(=O)C3(c4cccc(C(F)(F)F)c4)CCOCC3)CC2)cc1OC. The maximum Gasteiger partial charge on any atom is 0.416 e. The number of carbonyl (C=O) groups excluding carboxylic acids is 1. The van der Waals surface area contributed by atoms with Crippen LogP contribution < -0.4 is 9.47 Å². The van der Waals surface area contributed by atoms with E-state index in [0.717, 1.165) is 17.7 Å². The fourth-order valence-electron chi connectivity index (χ4n) is 4.99. The predicted molar refractivity (Wildman–Crippen MR) is 125 cm³/mol. The molecule has 35 heavy (non-hydrogen) atoms. The molecule has 1 amide bonds. The summed E-state index contributed by atoms with van der Waals surface area (Å²) in [5, 5.41) is 0. The Hall–Kier alpha value is -2.78. The number of rotatable bonds is 6. The van der Waals surface area contributed by atoms with Crippen molar-refractivity contribution in [3.8, 4) is 11.5 Å². The zero-order chi connectivity index (χ0) is 25.1. The van der Waals surface area contributed by atoms with Crippen molar-refractivity contribution in [2.75, 3.05) is 53.6 Å². The van der Waals surface area contributed by atoms with E-state index in [1.807, 2.05) is 18.2 Å². The van der Waals surface area contributed by atoms with Gasteiger partial charge in [0.25, 0.3) is 0 Å². The van der Waals surface area contributed by atoms with Crippen molar-refractivity contribution in [1.82, 2.24) is 9.80 Å². The number of benzene rings is 2. The number of ether oxygens (including phenoxy) is 3. The molecule has 0 bridgehead atoms. The van der Waals surface area contributed by atoms with Crippen molar-refractivity contribution in [2.24, 2.45) is 0 Å². The maximum atomic E-state index is 13.8. The van der Waals surface area contributed by atoms with Gasteiger partial charge in [0.2, 0.25) is 5.91 Å². The van der Waals surface area contributed by atoms with Gasteiger partial charge in [-0.1, -0.05) is 24.3 Å². The number of halogens is 3. The van der Waals surface area contributed by atoms with Crippen molar-refractivity contribution < 1.29 is 32.2 Å².